The summed E-state index contributed by atoms with van der Waals surface area (Å²) in [5.41, 5.74) is -0.308. The number of H-pyrrole nitrogens is 1. The van der Waals surface area contributed by atoms with E-state index in [1.165, 1.54) is 6.20 Å². The zero-order chi connectivity index (χ0) is 11.8. The molecule has 2 rings (SSSR count). The summed E-state index contributed by atoms with van der Waals surface area (Å²) in [6.07, 6.45) is 4.17. The Kier molecular flexibility index (Phi) is 3.11. The van der Waals surface area contributed by atoms with E-state index in [1.807, 2.05) is 0 Å². The molecule has 1 aromatic heterocycles. The summed E-state index contributed by atoms with van der Waals surface area (Å²) in [6.45, 7) is 1.72. The third-order valence-corrected chi connectivity index (χ3v) is 5.45. The van der Waals surface area contributed by atoms with Gasteiger partial charge < -0.3 is 4.98 Å². The maximum Gasteiger partial charge on any atom is 0.258 e. The molecule has 2 N–H and O–H groups in total. The van der Waals surface area contributed by atoms with Gasteiger partial charge in [-0.1, -0.05) is 15.9 Å². The highest BCUT2D eigenvalue weighted by Gasteiger charge is 2.40. The summed E-state index contributed by atoms with van der Waals surface area (Å²) < 4.78 is 26.8. The van der Waals surface area contributed by atoms with Gasteiger partial charge in [0.1, 0.15) is 5.82 Å². The van der Waals surface area contributed by atoms with Crippen molar-refractivity contribution in [3.05, 3.63) is 12.0 Å². The van der Waals surface area contributed by atoms with Gasteiger partial charge in [-0.25, -0.2) is 18.1 Å². The molecule has 0 bridgehead atoms. The van der Waals surface area contributed by atoms with E-state index in [4.69, 9.17) is 0 Å². The zero-order valence-corrected chi connectivity index (χ0v) is 11.4. The molecule has 0 aromatic carbocycles. The number of aromatic nitrogens is 2. The van der Waals surface area contributed by atoms with Crippen molar-refractivity contribution in [2.75, 3.05) is 5.33 Å². The Balaban J connectivity index is 2.20. The molecular formula is C9H14BrN3O2S. The summed E-state index contributed by atoms with van der Waals surface area (Å²) >= 11 is 3.36. The quantitative estimate of drug-likeness (QED) is 0.824. The van der Waals surface area contributed by atoms with E-state index in [9.17, 15) is 8.42 Å². The highest BCUT2D eigenvalue weighted by atomic mass is 79.9. The van der Waals surface area contributed by atoms with Crippen LogP contribution in [0.4, 0.5) is 0 Å². The lowest BCUT2D eigenvalue weighted by Crippen LogP contribution is -2.54. The van der Waals surface area contributed by atoms with Crippen molar-refractivity contribution in [3.8, 4) is 0 Å². The van der Waals surface area contributed by atoms with Gasteiger partial charge in [0.25, 0.3) is 10.0 Å². The Labute approximate surface area is 103 Å². The van der Waals surface area contributed by atoms with Gasteiger partial charge in [-0.05, 0) is 26.2 Å². The van der Waals surface area contributed by atoms with Gasteiger partial charge in [-0.15, -0.1) is 0 Å². The molecule has 1 aliphatic rings. The first-order chi connectivity index (χ1) is 7.47. The molecule has 0 atom stereocenters. The molecule has 0 aliphatic heterocycles. The second-order valence-corrected chi connectivity index (χ2v) is 6.42. The van der Waals surface area contributed by atoms with Crippen LogP contribution in [0, 0.1) is 6.92 Å². The first-order valence-electron chi connectivity index (χ1n) is 5.09. The summed E-state index contributed by atoms with van der Waals surface area (Å²) in [4.78, 5) is 6.63. The molecule has 0 unspecified atom stereocenters. The molecule has 1 aliphatic carbocycles. The van der Waals surface area contributed by atoms with E-state index < -0.39 is 10.0 Å². The molecule has 7 heteroatoms. The summed E-state index contributed by atoms with van der Waals surface area (Å²) in [5, 5.41) is 0.782. The van der Waals surface area contributed by atoms with E-state index >= 15 is 0 Å². The third-order valence-electron chi connectivity index (χ3n) is 2.89. The normalized spacial score (nSPS) is 19.4. The minimum absolute atomic E-state index is 0.136. The fourth-order valence-corrected chi connectivity index (χ4v) is 4.06. The van der Waals surface area contributed by atoms with Crippen molar-refractivity contribution in [3.63, 3.8) is 0 Å². The lowest BCUT2D eigenvalue weighted by Gasteiger charge is -2.40. The maximum atomic E-state index is 12.0. The number of halogens is 1. The fourth-order valence-electron chi connectivity index (χ4n) is 1.74. The zero-order valence-electron chi connectivity index (χ0n) is 8.96. The van der Waals surface area contributed by atoms with Gasteiger partial charge >= 0.3 is 0 Å². The van der Waals surface area contributed by atoms with Crippen LogP contribution in [0.25, 0.3) is 0 Å². The van der Waals surface area contributed by atoms with Crippen LogP contribution in [0.3, 0.4) is 0 Å². The van der Waals surface area contributed by atoms with Crippen molar-refractivity contribution in [1.29, 1.82) is 0 Å². The van der Waals surface area contributed by atoms with Crippen LogP contribution in [0.15, 0.2) is 11.2 Å². The van der Waals surface area contributed by atoms with Gasteiger partial charge in [0.05, 0.1) is 6.20 Å². The first kappa shape index (κ1) is 12.1. The van der Waals surface area contributed by atoms with Crippen LogP contribution in [-0.2, 0) is 10.0 Å². The van der Waals surface area contributed by atoms with Gasteiger partial charge in [0.2, 0.25) is 0 Å². The lowest BCUT2D eigenvalue weighted by molar-refractivity contribution is 0.256. The number of aromatic amines is 1. The standard InChI is InChI=1S/C9H14BrN3O2S/c1-7-11-5-8(12-7)16(14,15)13-9(6-10)3-2-4-9/h5,13H,2-4,6H2,1H3,(H,11,12). The second-order valence-electron chi connectivity index (χ2n) is 4.21. The number of nitrogens with one attached hydrogen (secondary N) is 2. The first-order valence-corrected chi connectivity index (χ1v) is 7.69. The van der Waals surface area contributed by atoms with E-state index in [2.05, 4.69) is 30.6 Å². The molecule has 0 amide bonds. The molecule has 1 fully saturated rings. The summed E-state index contributed by atoms with van der Waals surface area (Å²) in [6, 6.07) is 0. The number of rotatable bonds is 4. The molecule has 16 heavy (non-hydrogen) atoms. The Morgan fingerprint density at radius 2 is 2.31 bits per heavy atom. The maximum absolute atomic E-state index is 12.0. The highest BCUT2D eigenvalue weighted by molar-refractivity contribution is 9.09. The van der Waals surface area contributed by atoms with Crippen LogP contribution < -0.4 is 4.72 Å². The fraction of sp³-hybridized carbons (Fsp3) is 0.667. The molecule has 5 nitrogen and oxygen atoms in total. The summed E-state index contributed by atoms with van der Waals surface area (Å²) in [5.74, 6) is 0.599. The molecule has 0 saturated heterocycles. The summed E-state index contributed by atoms with van der Waals surface area (Å²) in [7, 11) is -3.47. The number of imidazole rings is 1. The Morgan fingerprint density at radius 3 is 2.69 bits per heavy atom. The molecular weight excluding hydrogens is 294 g/mol. The molecule has 1 aromatic rings. The highest BCUT2D eigenvalue weighted by Crippen LogP contribution is 2.34. The van der Waals surface area contributed by atoms with Gasteiger partial charge in [-0.2, -0.15) is 0 Å². The third kappa shape index (κ3) is 2.16. The van der Waals surface area contributed by atoms with Crippen molar-refractivity contribution >= 4 is 26.0 Å². The molecule has 1 heterocycles. The monoisotopic (exact) mass is 307 g/mol. The van der Waals surface area contributed by atoms with Crippen LogP contribution in [-0.4, -0.2) is 29.3 Å². The topological polar surface area (TPSA) is 74.8 Å². The van der Waals surface area contributed by atoms with Gasteiger partial charge in [0.15, 0.2) is 5.03 Å². The minimum atomic E-state index is -3.47. The van der Waals surface area contributed by atoms with Crippen LogP contribution >= 0.6 is 15.9 Å². The van der Waals surface area contributed by atoms with Crippen LogP contribution in [0.5, 0.6) is 0 Å². The Bertz CT molecular complexity index is 473. The minimum Gasteiger partial charge on any atom is -0.332 e. The molecule has 0 radical (unpaired) electrons. The van der Waals surface area contributed by atoms with Crippen molar-refractivity contribution in [2.24, 2.45) is 0 Å². The van der Waals surface area contributed by atoms with E-state index in [1.54, 1.807) is 6.92 Å². The largest absolute Gasteiger partial charge is 0.332 e. The Morgan fingerprint density at radius 1 is 1.62 bits per heavy atom. The molecule has 0 spiro atoms. The molecule has 90 valence electrons. The van der Waals surface area contributed by atoms with Crippen molar-refractivity contribution in [1.82, 2.24) is 14.7 Å². The number of sulfonamides is 1. The predicted octanol–water partition coefficient (Wildman–Crippen LogP) is 1.31. The molecule has 1 saturated carbocycles. The van der Waals surface area contributed by atoms with Crippen molar-refractivity contribution < 1.29 is 8.42 Å². The number of nitrogens with zero attached hydrogens (tertiary/aromatic N) is 1. The lowest BCUT2D eigenvalue weighted by atomic mass is 9.80. The number of alkyl halides is 1. The van der Waals surface area contributed by atoms with Crippen molar-refractivity contribution in [2.45, 2.75) is 36.8 Å². The smallest absolute Gasteiger partial charge is 0.258 e. The SMILES string of the molecule is Cc1ncc(S(=O)(=O)NC2(CBr)CCC2)[nH]1. The number of hydrogen-bond acceptors (Lipinski definition) is 3. The van der Waals surface area contributed by atoms with Crippen LogP contribution in [0.2, 0.25) is 0 Å². The number of hydrogen-bond donors (Lipinski definition) is 2. The second kappa shape index (κ2) is 4.12. The van der Waals surface area contributed by atoms with Gasteiger partial charge in [-0.3, -0.25) is 0 Å². The van der Waals surface area contributed by atoms with E-state index in [0.29, 0.717) is 11.2 Å². The van der Waals surface area contributed by atoms with E-state index in [-0.39, 0.29) is 10.6 Å². The average molecular weight is 308 g/mol. The van der Waals surface area contributed by atoms with Gasteiger partial charge in [0, 0.05) is 10.9 Å². The average Bonchev–Trinajstić information content (AvgIpc) is 2.59. The number of aryl methyl sites for hydroxylation is 1. The predicted molar refractivity (Wildman–Crippen MR) is 64.0 cm³/mol. The van der Waals surface area contributed by atoms with E-state index in [0.717, 1.165) is 19.3 Å². The Hall–Kier alpha value is -0.400. The van der Waals surface area contributed by atoms with Crippen LogP contribution in [0.1, 0.15) is 25.1 Å².